The fourth-order valence-electron chi connectivity index (χ4n) is 2.77. The highest BCUT2D eigenvalue weighted by atomic mass is 35.5. The highest BCUT2D eigenvalue weighted by Crippen LogP contribution is 2.35. The molecule has 0 saturated carbocycles. The van der Waals surface area contributed by atoms with Gasteiger partial charge in [0, 0.05) is 27.1 Å². The van der Waals surface area contributed by atoms with E-state index >= 15 is 0 Å². The van der Waals surface area contributed by atoms with Gasteiger partial charge in [-0.15, -0.1) is 0 Å². The second kappa shape index (κ2) is 8.05. The zero-order valence-corrected chi connectivity index (χ0v) is 18.4. The van der Waals surface area contributed by atoms with Crippen molar-refractivity contribution in [3.05, 3.63) is 52.8 Å². The van der Waals surface area contributed by atoms with Crippen molar-refractivity contribution in [1.29, 1.82) is 0 Å². The molecule has 0 fully saturated rings. The zero-order chi connectivity index (χ0) is 19.6. The smallest absolute Gasteiger partial charge is 0.147 e. The summed E-state index contributed by atoms with van der Waals surface area (Å²) in [5.74, 6) is 1.50. The number of ether oxygens (including phenoxy) is 2. The molecule has 0 aliphatic rings. The molecule has 6 heteroatoms. The van der Waals surface area contributed by atoms with Crippen molar-refractivity contribution >= 4 is 30.7 Å². The van der Waals surface area contributed by atoms with E-state index in [0.29, 0.717) is 17.5 Å². The number of nitrogens with zero attached hydrogens (tertiary/aromatic N) is 2. The fourth-order valence-corrected chi connectivity index (χ4v) is 3.82. The van der Waals surface area contributed by atoms with Crippen LogP contribution in [-0.4, -0.2) is 24.2 Å². The standard InChI is InChI=1S/C21H27ClN2O2Si/c1-15-6-7-17(12-16(15)2)26-19-8-9-23-21-20(19)18(22)13-24(21)14-25-10-11-27(3,4)5/h6-9,12-13H,10-11,14H2,1-5H3. The quantitative estimate of drug-likeness (QED) is 0.338. The molecule has 0 aliphatic carbocycles. The topological polar surface area (TPSA) is 36.3 Å². The number of rotatable bonds is 7. The van der Waals surface area contributed by atoms with Gasteiger partial charge in [-0.05, 0) is 49.2 Å². The molecule has 2 aromatic heterocycles. The highest BCUT2D eigenvalue weighted by Gasteiger charge is 2.16. The molecule has 27 heavy (non-hydrogen) atoms. The third kappa shape index (κ3) is 4.92. The van der Waals surface area contributed by atoms with E-state index in [2.05, 4.69) is 44.5 Å². The number of hydrogen-bond acceptors (Lipinski definition) is 3. The average molecular weight is 403 g/mol. The van der Waals surface area contributed by atoms with Gasteiger partial charge in [-0.2, -0.15) is 0 Å². The summed E-state index contributed by atoms with van der Waals surface area (Å²) < 4.78 is 13.9. The molecule has 0 radical (unpaired) electrons. The molecule has 144 valence electrons. The second-order valence-corrected chi connectivity index (χ2v) is 14.2. The van der Waals surface area contributed by atoms with Gasteiger partial charge in [0.25, 0.3) is 0 Å². The lowest BCUT2D eigenvalue weighted by molar-refractivity contribution is 0.0899. The Morgan fingerprint density at radius 2 is 1.89 bits per heavy atom. The van der Waals surface area contributed by atoms with E-state index in [1.54, 1.807) is 6.20 Å². The van der Waals surface area contributed by atoms with E-state index in [4.69, 9.17) is 21.1 Å². The number of halogens is 1. The van der Waals surface area contributed by atoms with Gasteiger partial charge < -0.3 is 14.0 Å². The molecule has 4 nitrogen and oxygen atoms in total. The van der Waals surface area contributed by atoms with Crippen LogP contribution in [0.25, 0.3) is 11.0 Å². The Hall–Kier alpha value is -1.82. The minimum Gasteiger partial charge on any atom is -0.456 e. The Balaban J connectivity index is 1.81. The Kier molecular flexibility index (Phi) is 5.94. The summed E-state index contributed by atoms with van der Waals surface area (Å²) in [6, 6.07) is 9.04. The van der Waals surface area contributed by atoms with Gasteiger partial charge in [0.15, 0.2) is 0 Å². The highest BCUT2D eigenvalue weighted by molar-refractivity contribution is 6.76. The van der Waals surface area contributed by atoms with E-state index in [0.717, 1.165) is 29.4 Å². The minimum atomic E-state index is -1.10. The molecule has 0 aliphatic heterocycles. The summed E-state index contributed by atoms with van der Waals surface area (Å²) in [4.78, 5) is 4.49. The molecule has 0 unspecified atom stereocenters. The van der Waals surface area contributed by atoms with E-state index in [-0.39, 0.29) is 0 Å². The van der Waals surface area contributed by atoms with Crippen molar-refractivity contribution in [2.45, 2.75) is 46.3 Å². The van der Waals surface area contributed by atoms with E-state index < -0.39 is 8.07 Å². The van der Waals surface area contributed by atoms with Crippen LogP contribution in [0.4, 0.5) is 0 Å². The fraction of sp³-hybridized carbons (Fsp3) is 0.381. The van der Waals surface area contributed by atoms with E-state index in [1.165, 1.54) is 11.1 Å². The number of aryl methyl sites for hydroxylation is 2. The summed E-state index contributed by atoms with van der Waals surface area (Å²) in [5.41, 5.74) is 3.20. The molecule has 3 aromatic rings. The molecule has 3 rings (SSSR count). The molecular formula is C21H27ClN2O2Si. The van der Waals surface area contributed by atoms with E-state index in [1.807, 2.05) is 29.0 Å². The van der Waals surface area contributed by atoms with E-state index in [9.17, 15) is 0 Å². The molecule has 0 amide bonds. The molecule has 0 saturated heterocycles. The Morgan fingerprint density at radius 3 is 2.59 bits per heavy atom. The number of pyridine rings is 1. The van der Waals surface area contributed by atoms with Gasteiger partial charge in [0.1, 0.15) is 23.9 Å². The first kappa shape index (κ1) is 19.9. The van der Waals surface area contributed by atoms with Crippen LogP contribution in [0.15, 0.2) is 36.7 Å². The monoisotopic (exact) mass is 402 g/mol. The maximum atomic E-state index is 6.50. The Labute approximate surface area is 167 Å². The van der Waals surface area contributed by atoms with Crippen LogP contribution in [0, 0.1) is 13.8 Å². The van der Waals surface area contributed by atoms with Crippen LogP contribution < -0.4 is 4.74 Å². The lowest BCUT2D eigenvalue weighted by Gasteiger charge is -2.15. The predicted molar refractivity (Wildman–Crippen MR) is 115 cm³/mol. The van der Waals surface area contributed by atoms with Gasteiger partial charge in [-0.25, -0.2) is 4.98 Å². The van der Waals surface area contributed by atoms with Crippen molar-refractivity contribution in [2.24, 2.45) is 0 Å². The average Bonchev–Trinajstić information content (AvgIpc) is 2.91. The van der Waals surface area contributed by atoms with Gasteiger partial charge in [-0.1, -0.05) is 37.3 Å². The van der Waals surface area contributed by atoms with Crippen LogP contribution in [-0.2, 0) is 11.5 Å². The lowest BCUT2D eigenvalue weighted by atomic mass is 10.1. The molecule has 0 spiro atoms. The molecule has 0 N–H and O–H groups in total. The summed E-state index contributed by atoms with van der Waals surface area (Å²) in [6.45, 7) is 12.4. The first-order valence-electron chi connectivity index (χ1n) is 9.21. The first-order chi connectivity index (χ1) is 12.7. The van der Waals surface area contributed by atoms with Crippen LogP contribution in [0.5, 0.6) is 11.5 Å². The lowest BCUT2D eigenvalue weighted by Crippen LogP contribution is -2.22. The first-order valence-corrected chi connectivity index (χ1v) is 13.3. The molecule has 1 aromatic carbocycles. The van der Waals surface area contributed by atoms with Crippen LogP contribution in [0.1, 0.15) is 11.1 Å². The molecular weight excluding hydrogens is 376 g/mol. The SMILES string of the molecule is Cc1ccc(Oc2ccnc3c2c(Cl)cn3COCC[Si](C)(C)C)cc1C. The van der Waals surface area contributed by atoms with Gasteiger partial charge >= 0.3 is 0 Å². The molecule has 0 atom stereocenters. The number of fused-ring (bicyclic) bond motifs is 1. The van der Waals surface area contributed by atoms with Gasteiger partial charge in [0.2, 0.25) is 0 Å². The van der Waals surface area contributed by atoms with Crippen molar-refractivity contribution in [2.75, 3.05) is 6.61 Å². The van der Waals surface area contributed by atoms with Crippen LogP contribution in [0.2, 0.25) is 30.7 Å². The number of benzene rings is 1. The summed E-state index contributed by atoms with van der Waals surface area (Å²) in [6.07, 6.45) is 3.61. The van der Waals surface area contributed by atoms with Crippen molar-refractivity contribution in [1.82, 2.24) is 9.55 Å². The Bertz CT molecular complexity index is 947. The maximum absolute atomic E-state index is 6.50. The van der Waals surface area contributed by atoms with Crippen LogP contribution in [0.3, 0.4) is 0 Å². The van der Waals surface area contributed by atoms with Crippen LogP contribution >= 0.6 is 11.6 Å². The zero-order valence-electron chi connectivity index (χ0n) is 16.7. The third-order valence-corrected chi connectivity index (χ3v) is 6.60. The minimum absolute atomic E-state index is 0.438. The van der Waals surface area contributed by atoms with Gasteiger partial charge in [-0.3, -0.25) is 0 Å². The summed E-state index contributed by atoms with van der Waals surface area (Å²) in [7, 11) is -1.10. The summed E-state index contributed by atoms with van der Waals surface area (Å²) in [5, 5.41) is 1.43. The van der Waals surface area contributed by atoms with Crippen molar-refractivity contribution < 1.29 is 9.47 Å². The summed E-state index contributed by atoms with van der Waals surface area (Å²) >= 11 is 6.50. The number of aromatic nitrogens is 2. The van der Waals surface area contributed by atoms with Crippen molar-refractivity contribution in [3.8, 4) is 11.5 Å². The molecule has 0 bridgehead atoms. The Morgan fingerprint density at radius 1 is 1.11 bits per heavy atom. The third-order valence-electron chi connectivity index (χ3n) is 4.61. The second-order valence-electron chi connectivity index (χ2n) is 8.15. The molecule has 2 heterocycles. The predicted octanol–water partition coefficient (Wildman–Crippen LogP) is 6.41. The maximum Gasteiger partial charge on any atom is 0.147 e. The number of hydrogen-bond donors (Lipinski definition) is 0. The largest absolute Gasteiger partial charge is 0.456 e. The van der Waals surface area contributed by atoms with Crippen molar-refractivity contribution in [3.63, 3.8) is 0 Å². The normalized spacial score (nSPS) is 11.9. The van der Waals surface area contributed by atoms with Gasteiger partial charge in [0.05, 0.1) is 10.4 Å².